The summed E-state index contributed by atoms with van der Waals surface area (Å²) in [4.78, 5) is -0.00200. The molecular weight excluding hydrogens is 296 g/mol. The molecule has 7 heteroatoms. The fourth-order valence-electron chi connectivity index (χ4n) is 1.09. The zero-order valence-electron chi connectivity index (χ0n) is 10.5. The fraction of sp³-hybridized carbons (Fsp3) is 1.00. The lowest BCUT2D eigenvalue weighted by Crippen LogP contribution is -2.45. The lowest BCUT2D eigenvalue weighted by molar-refractivity contribution is 0.194. The van der Waals surface area contributed by atoms with Crippen molar-refractivity contribution in [3.8, 4) is 0 Å². The molecule has 0 rings (SSSR count). The molecule has 0 amide bonds. The maximum atomic E-state index is 12.0. The molecule has 0 saturated carbocycles. The number of hydrogen-bond donors (Lipinski definition) is 0. The van der Waals surface area contributed by atoms with Crippen molar-refractivity contribution >= 4 is 26.1 Å². The van der Waals surface area contributed by atoms with E-state index >= 15 is 0 Å². The van der Waals surface area contributed by atoms with E-state index < -0.39 is 10.2 Å². The van der Waals surface area contributed by atoms with Crippen LogP contribution in [0.15, 0.2) is 0 Å². The van der Waals surface area contributed by atoms with Crippen LogP contribution in [0.1, 0.15) is 13.8 Å². The molecule has 0 fully saturated rings. The Morgan fingerprint density at radius 3 is 2.19 bits per heavy atom. The molecule has 0 aliphatic carbocycles. The van der Waals surface area contributed by atoms with Crippen molar-refractivity contribution in [2.75, 3.05) is 34.4 Å². The molecule has 0 N–H and O–H groups in total. The molecule has 0 heterocycles. The van der Waals surface area contributed by atoms with E-state index in [-0.39, 0.29) is 10.9 Å². The Labute approximate surface area is 107 Å². The van der Waals surface area contributed by atoms with Gasteiger partial charge in [0.1, 0.15) is 0 Å². The number of nitrogens with zero attached hydrogens (tertiary/aromatic N) is 2. The van der Waals surface area contributed by atoms with Crippen LogP contribution in [-0.4, -0.2) is 62.3 Å². The molecular formula is C9H21BrN2O3S. The van der Waals surface area contributed by atoms with Crippen LogP contribution in [0.5, 0.6) is 0 Å². The molecule has 0 spiro atoms. The summed E-state index contributed by atoms with van der Waals surface area (Å²) in [5.41, 5.74) is 0. The van der Waals surface area contributed by atoms with Crippen molar-refractivity contribution in [2.45, 2.75) is 24.7 Å². The van der Waals surface area contributed by atoms with E-state index in [9.17, 15) is 8.42 Å². The third-order valence-electron chi connectivity index (χ3n) is 2.29. The number of alkyl halides is 1. The number of methoxy groups -OCH3 is 1. The van der Waals surface area contributed by atoms with E-state index in [1.165, 1.54) is 8.61 Å². The maximum Gasteiger partial charge on any atom is 0.281 e. The number of ether oxygens (including phenoxy) is 1. The van der Waals surface area contributed by atoms with Crippen molar-refractivity contribution in [2.24, 2.45) is 0 Å². The van der Waals surface area contributed by atoms with E-state index in [1.54, 1.807) is 21.2 Å². The Balaban J connectivity index is 4.53. The van der Waals surface area contributed by atoms with E-state index in [0.29, 0.717) is 13.2 Å². The van der Waals surface area contributed by atoms with Crippen molar-refractivity contribution in [3.63, 3.8) is 0 Å². The van der Waals surface area contributed by atoms with Gasteiger partial charge in [-0.1, -0.05) is 15.9 Å². The number of rotatable bonds is 7. The first-order valence-corrected chi connectivity index (χ1v) is 7.37. The Bertz CT molecular complexity index is 295. The fourth-order valence-corrected chi connectivity index (χ4v) is 3.32. The van der Waals surface area contributed by atoms with Crippen molar-refractivity contribution < 1.29 is 13.2 Å². The molecule has 0 aliphatic rings. The molecule has 0 aliphatic heterocycles. The highest BCUT2D eigenvalue weighted by Gasteiger charge is 2.26. The van der Waals surface area contributed by atoms with Gasteiger partial charge in [-0.05, 0) is 13.8 Å². The maximum absolute atomic E-state index is 12.0. The SMILES string of the molecule is COCC(Br)CN(C)S(=O)(=O)N(C)C(C)C. The van der Waals surface area contributed by atoms with Crippen molar-refractivity contribution in [1.82, 2.24) is 8.61 Å². The van der Waals surface area contributed by atoms with Crippen LogP contribution in [0.2, 0.25) is 0 Å². The van der Waals surface area contributed by atoms with Crippen molar-refractivity contribution in [1.29, 1.82) is 0 Å². The molecule has 0 radical (unpaired) electrons. The van der Waals surface area contributed by atoms with Crippen LogP contribution in [0.4, 0.5) is 0 Å². The topological polar surface area (TPSA) is 49.9 Å². The number of halogens is 1. The summed E-state index contributed by atoms with van der Waals surface area (Å²) in [6.07, 6.45) is 0. The summed E-state index contributed by atoms with van der Waals surface area (Å²) < 4.78 is 31.6. The third-order valence-corrected chi connectivity index (χ3v) is 4.93. The average Bonchev–Trinajstić information content (AvgIpc) is 2.16. The van der Waals surface area contributed by atoms with Crippen LogP contribution in [-0.2, 0) is 14.9 Å². The van der Waals surface area contributed by atoms with Crippen LogP contribution in [0, 0.1) is 0 Å². The highest BCUT2D eigenvalue weighted by molar-refractivity contribution is 9.09. The second-order valence-electron chi connectivity index (χ2n) is 3.95. The first-order chi connectivity index (χ1) is 7.23. The van der Waals surface area contributed by atoms with Gasteiger partial charge in [-0.2, -0.15) is 17.0 Å². The highest BCUT2D eigenvalue weighted by atomic mass is 79.9. The summed E-state index contributed by atoms with van der Waals surface area (Å²) in [7, 11) is 1.36. The molecule has 0 bridgehead atoms. The molecule has 5 nitrogen and oxygen atoms in total. The molecule has 16 heavy (non-hydrogen) atoms. The molecule has 0 aromatic rings. The van der Waals surface area contributed by atoms with Crippen LogP contribution in [0.25, 0.3) is 0 Å². The van der Waals surface area contributed by atoms with E-state index in [1.807, 2.05) is 13.8 Å². The predicted octanol–water partition coefficient (Wildman–Crippen LogP) is 0.913. The summed E-state index contributed by atoms with van der Waals surface area (Å²) >= 11 is 3.37. The van der Waals surface area contributed by atoms with Gasteiger partial charge in [-0.15, -0.1) is 0 Å². The molecule has 0 saturated heterocycles. The second-order valence-corrected chi connectivity index (χ2v) is 7.34. The monoisotopic (exact) mass is 316 g/mol. The largest absolute Gasteiger partial charge is 0.383 e. The van der Waals surface area contributed by atoms with Crippen molar-refractivity contribution in [3.05, 3.63) is 0 Å². The smallest absolute Gasteiger partial charge is 0.281 e. The van der Waals surface area contributed by atoms with Crippen LogP contribution in [0.3, 0.4) is 0 Å². The van der Waals surface area contributed by atoms with Gasteiger partial charge in [-0.3, -0.25) is 0 Å². The highest BCUT2D eigenvalue weighted by Crippen LogP contribution is 2.11. The number of hydrogen-bond acceptors (Lipinski definition) is 3. The second kappa shape index (κ2) is 6.90. The summed E-state index contributed by atoms with van der Waals surface area (Å²) in [6.45, 7) is 4.54. The van der Waals surface area contributed by atoms with Gasteiger partial charge in [0.2, 0.25) is 0 Å². The lowest BCUT2D eigenvalue weighted by atomic mass is 10.4. The first-order valence-electron chi connectivity index (χ1n) is 5.05. The van der Waals surface area contributed by atoms with Crippen LogP contribution >= 0.6 is 15.9 Å². The van der Waals surface area contributed by atoms with E-state index in [4.69, 9.17) is 4.74 Å². The Kier molecular flexibility index (Phi) is 7.04. The molecule has 1 unspecified atom stereocenters. The molecule has 98 valence electrons. The van der Waals surface area contributed by atoms with Gasteiger partial charge in [-0.25, -0.2) is 0 Å². The van der Waals surface area contributed by atoms with Gasteiger partial charge >= 0.3 is 0 Å². The van der Waals surface area contributed by atoms with Gasteiger partial charge in [0.25, 0.3) is 10.2 Å². The Morgan fingerprint density at radius 1 is 1.31 bits per heavy atom. The quantitative estimate of drug-likeness (QED) is 0.656. The first kappa shape index (κ1) is 16.3. The van der Waals surface area contributed by atoms with Gasteiger partial charge in [0.15, 0.2) is 0 Å². The lowest BCUT2D eigenvalue weighted by Gasteiger charge is -2.28. The third kappa shape index (κ3) is 4.67. The summed E-state index contributed by atoms with van der Waals surface area (Å²) in [5.74, 6) is 0. The minimum atomic E-state index is -3.37. The van der Waals surface area contributed by atoms with Crippen LogP contribution < -0.4 is 0 Å². The molecule has 0 aromatic heterocycles. The summed E-state index contributed by atoms with van der Waals surface area (Å²) in [5, 5.41) is 0. The van der Waals surface area contributed by atoms with Gasteiger partial charge in [0, 0.05) is 33.8 Å². The predicted molar refractivity (Wildman–Crippen MR) is 69.0 cm³/mol. The Hall–Kier alpha value is 0.310. The molecule has 0 aromatic carbocycles. The minimum absolute atomic E-state index is 0.00200. The minimum Gasteiger partial charge on any atom is -0.383 e. The average molecular weight is 317 g/mol. The van der Waals surface area contributed by atoms with E-state index in [0.717, 1.165) is 0 Å². The normalized spacial score (nSPS) is 15.1. The van der Waals surface area contributed by atoms with Gasteiger partial charge < -0.3 is 4.74 Å². The standard InChI is InChI=1S/C9H21BrN2O3S/c1-8(2)12(4)16(13,14)11(3)6-9(10)7-15-5/h8-9H,6-7H2,1-5H3. The van der Waals surface area contributed by atoms with Gasteiger partial charge in [0.05, 0.1) is 11.4 Å². The zero-order chi connectivity index (χ0) is 12.9. The zero-order valence-corrected chi connectivity index (χ0v) is 12.9. The Morgan fingerprint density at radius 2 is 1.81 bits per heavy atom. The van der Waals surface area contributed by atoms with E-state index in [2.05, 4.69) is 15.9 Å². The molecule has 1 atom stereocenters. The summed E-state index contributed by atoms with van der Waals surface area (Å²) in [6, 6.07) is -0.0522.